The SMILES string of the molecule is COC(=O)[C@@H](Cc1c[nH]c2ccccc12)NC(=O)C(c1ccccc1)c1ccccc1. The summed E-state index contributed by atoms with van der Waals surface area (Å²) in [4.78, 5) is 29.2. The summed E-state index contributed by atoms with van der Waals surface area (Å²) in [6.45, 7) is 0. The Hall–Kier alpha value is -3.86. The van der Waals surface area contributed by atoms with Crippen molar-refractivity contribution in [1.82, 2.24) is 10.3 Å². The molecule has 3 aromatic carbocycles. The first-order chi connectivity index (χ1) is 15.2. The number of carbonyl (C=O) groups is 2. The largest absolute Gasteiger partial charge is 0.467 e. The number of nitrogens with one attached hydrogen (secondary N) is 2. The second kappa shape index (κ2) is 9.30. The lowest BCUT2D eigenvalue weighted by Gasteiger charge is -2.22. The number of carbonyl (C=O) groups excluding carboxylic acids is 2. The first-order valence-corrected chi connectivity index (χ1v) is 10.2. The minimum absolute atomic E-state index is 0.243. The van der Waals surface area contributed by atoms with Crippen LogP contribution in [0, 0.1) is 0 Å². The second-order valence-corrected chi connectivity index (χ2v) is 7.40. The molecule has 0 saturated carbocycles. The van der Waals surface area contributed by atoms with Gasteiger partial charge in [0.2, 0.25) is 5.91 Å². The number of fused-ring (bicyclic) bond motifs is 1. The summed E-state index contributed by atoms with van der Waals surface area (Å²) < 4.78 is 5.00. The number of aromatic amines is 1. The van der Waals surface area contributed by atoms with Crippen LogP contribution in [-0.2, 0) is 20.7 Å². The maximum atomic E-state index is 13.4. The van der Waals surface area contributed by atoms with Crippen molar-refractivity contribution in [3.63, 3.8) is 0 Å². The third-order valence-corrected chi connectivity index (χ3v) is 5.43. The number of H-pyrrole nitrogens is 1. The van der Waals surface area contributed by atoms with Crippen molar-refractivity contribution >= 4 is 22.8 Å². The van der Waals surface area contributed by atoms with E-state index >= 15 is 0 Å². The van der Waals surface area contributed by atoms with Crippen molar-refractivity contribution in [2.24, 2.45) is 0 Å². The second-order valence-electron chi connectivity index (χ2n) is 7.40. The van der Waals surface area contributed by atoms with Crippen LogP contribution in [0.1, 0.15) is 22.6 Å². The minimum atomic E-state index is -0.799. The summed E-state index contributed by atoms with van der Waals surface area (Å²) >= 11 is 0. The molecule has 31 heavy (non-hydrogen) atoms. The van der Waals surface area contributed by atoms with Gasteiger partial charge < -0.3 is 15.0 Å². The number of esters is 1. The van der Waals surface area contributed by atoms with Crippen LogP contribution < -0.4 is 5.32 Å². The Bertz CT molecular complexity index is 1130. The predicted octanol–water partition coefficient (Wildman–Crippen LogP) is 4.20. The zero-order valence-corrected chi connectivity index (χ0v) is 17.2. The molecular weight excluding hydrogens is 388 g/mol. The average molecular weight is 412 g/mol. The number of rotatable bonds is 7. The van der Waals surface area contributed by atoms with E-state index in [0.29, 0.717) is 6.42 Å². The van der Waals surface area contributed by atoms with Crippen LogP contribution in [-0.4, -0.2) is 30.0 Å². The van der Waals surface area contributed by atoms with Crippen LogP contribution in [0.15, 0.2) is 91.1 Å². The summed E-state index contributed by atoms with van der Waals surface area (Å²) in [5, 5.41) is 3.96. The standard InChI is InChI=1S/C26H24N2O3/c1-31-26(30)23(16-20-17-27-22-15-9-8-14-21(20)22)28-25(29)24(18-10-4-2-5-11-18)19-12-6-3-7-13-19/h2-15,17,23-24,27H,16H2,1H3,(H,28,29)/t23-/m1/s1. The number of hydrogen-bond acceptors (Lipinski definition) is 3. The van der Waals surface area contributed by atoms with E-state index in [2.05, 4.69) is 10.3 Å². The van der Waals surface area contributed by atoms with E-state index < -0.39 is 17.9 Å². The molecule has 0 bridgehead atoms. The number of ether oxygens (including phenoxy) is 1. The van der Waals surface area contributed by atoms with Gasteiger partial charge in [0.1, 0.15) is 6.04 Å². The molecule has 0 aliphatic carbocycles. The number of methoxy groups -OCH3 is 1. The molecule has 5 nitrogen and oxygen atoms in total. The van der Waals surface area contributed by atoms with Gasteiger partial charge in [0.05, 0.1) is 13.0 Å². The zero-order valence-electron chi connectivity index (χ0n) is 17.2. The fraction of sp³-hybridized carbons (Fsp3) is 0.154. The molecule has 5 heteroatoms. The van der Waals surface area contributed by atoms with E-state index in [-0.39, 0.29) is 5.91 Å². The first kappa shape index (κ1) is 20.4. The van der Waals surface area contributed by atoms with Crippen molar-refractivity contribution in [2.45, 2.75) is 18.4 Å². The number of hydrogen-bond donors (Lipinski definition) is 2. The summed E-state index contributed by atoms with van der Waals surface area (Å²) in [6.07, 6.45) is 2.21. The maximum Gasteiger partial charge on any atom is 0.328 e. The zero-order chi connectivity index (χ0) is 21.6. The van der Waals surface area contributed by atoms with Gasteiger partial charge in [-0.05, 0) is 22.8 Å². The first-order valence-electron chi connectivity index (χ1n) is 10.2. The molecule has 1 aromatic heterocycles. The minimum Gasteiger partial charge on any atom is -0.467 e. The third kappa shape index (κ3) is 4.51. The molecule has 0 aliphatic heterocycles. The van der Waals surface area contributed by atoms with Crippen LogP contribution in [0.5, 0.6) is 0 Å². The molecule has 0 saturated heterocycles. The fourth-order valence-electron chi connectivity index (χ4n) is 3.90. The summed E-state index contributed by atoms with van der Waals surface area (Å²) in [5.74, 6) is -1.25. The lowest BCUT2D eigenvalue weighted by molar-refractivity contribution is -0.145. The Morgan fingerprint density at radius 3 is 2.06 bits per heavy atom. The lowest BCUT2D eigenvalue weighted by atomic mass is 9.90. The smallest absolute Gasteiger partial charge is 0.328 e. The lowest BCUT2D eigenvalue weighted by Crippen LogP contribution is -2.45. The van der Waals surface area contributed by atoms with Crippen LogP contribution >= 0.6 is 0 Å². The van der Waals surface area contributed by atoms with E-state index in [1.165, 1.54) is 7.11 Å². The van der Waals surface area contributed by atoms with Gasteiger partial charge in [-0.3, -0.25) is 4.79 Å². The molecule has 0 spiro atoms. The Kier molecular flexibility index (Phi) is 6.13. The van der Waals surface area contributed by atoms with E-state index in [4.69, 9.17) is 4.74 Å². The van der Waals surface area contributed by atoms with Crippen molar-refractivity contribution in [3.8, 4) is 0 Å². The van der Waals surface area contributed by atoms with Crippen molar-refractivity contribution < 1.29 is 14.3 Å². The molecule has 0 fully saturated rings. The highest BCUT2D eigenvalue weighted by molar-refractivity contribution is 5.91. The maximum absolute atomic E-state index is 13.4. The molecule has 1 amide bonds. The number of aromatic nitrogens is 1. The van der Waals surface area contributed by atoms with Gasteiger partial charge in [0.15, 0.2) is 0 Å². The van der Waals surface area contributed by atoms with E-state index in [9.17, 15) is 9.59 Å². The molecule has 0 radical (unpaired) electrons. The highest BCUT2D eigenvalue weighted by atomic mass is 16.5. The van der Waals surface area contributed by atoms with E-state index in [1.54, 1.807) is 0 Å². The fourth-order valence-corrected chi connectivity index (χ4v) is 3.90. The molecule has 2 N–H and O–H groups in total. The Morgan fingerprint density at radius 1 is 0.871 bits per heavy atom. The van der Waals surface area contributed by atoms with E-state index in [1.807, 2.05) is 91.1 Å². The number of benzene rings is 3. The van der Waals surface area contributed by atoms with Crippen molar-refractivity contribution in [3.05, 3.63) is 108 Å². The monoisotopic (exact) mass is 412 g/mol. The quantitative estimate of drug-likeness (QED) is 0.447. The molecule has 0 unspecified atom stereocenters. The molecular formula is C26H24N2O3. The predicted molar refractivity (Wildman–Crippen MR) is 121 cm³/mol. The summed E-state index contributed by atoms with van der Waals surface area (Å²) in [7, 11) is 1.34. The molecule has 4 aromatic rings. The van der Waals surface area contributed by atoms with Gasteiger partial charge in [-0.15, -0.1) is 0 Å². The van der Waals surface area contributed by atoms with Crippen LogP contribution in [0.2, 0.25) is 0 Å². The molecule has 4 rings (SSSR count). The Morgan fingerprint density at radius 2 is 1.45 bits per heavy atom. The average Bonchev–Trinajstić information content (AvgIpc) is 3.22. The summed E-state index contributed by atoms with van der Waals surface area (Å²) in [6, 6.07) is 26.2. The molecule has 1 atom stereocenters. The topological polar surface area (TPSA) is 71.2 Å². The van der Waals surface area contributed by atoms with E-state index in [0.717, 1.165) is 27.6 Å². The molecule has 156 valence electrons. The third-order valence-electron chi connectivity index (χ3n) is 5.43. The highest BCUT2D eigenvalue weighted by Gasteiger charge is 2.29. The van der Waals surface area contributed by atoms with Gasteiger partial charge in [0.25, 0.3) is 0 Å². The van der Waals surface area contributed by atoms with Gasteiger partial charge in [0, 0.05) is 23.5 Å². The van der Waals surface area contributed by atoms with Crippen LogP contribution in [0.4, 0.5) is 0 Å². The number of amides is 1. The normalized spacial score (nSPS) is 11.9. The molecule has 1 heterocycles. The molecule has 0 aliphatic rings. The Balaban J connectivity index is 1.63. The Labute approximate surface area is 181 Å². The van der Waals surface area contributed by atoms with Crippen LogP contribution in [0.3, 0.4) is 0 Å². The number of para-hydroxylation sites is 1. The van der Waals surface area contributed by atoms with Crippen LogP contribution in [0.25, 0.3) is 10.9 Å². The van der Waals surface area contributed by atoms with Crippen molar-refractivity contribution in [2.75, 3.05) is 7.11 Å². The highest BCUT2D eigenvalue weighted by Crippen LogP contribution is 2.25. The summed E-state index contributed by atoms with van der Waals surface area (Å²) in [5.41, 5.74) is 3.66. The van der Waals surface area contributed by atoms with Gasteiger partial charge in [-0.2, -0.15) is 0 Å². The van der Waals surface area contributed by atoms with Gasteiger partial charge >= 0.3 is 5.97 Å². The van der Waals surface area contributed by atoms with Gasteiger partial charge in [-0.25, -0.2) is 4.79 Å². The van der Waals surface area contributed by atoms with Gasteiger partial charge in [-0.1, -0.05) is 78.9 Å². The van der Waals surface area contributed by atoms with Crippen molar-refractivity contribution in [1.29, 1.82) is 0 Å².